The highest BCUT2D eigenvalue weighted by molar-refractivity contribution is 6.08. The zero-order chi connectivity index (χ0) is 22.1. The maximum atomic E-state index is 7.79. The van der Waals surface area contributed by atoms with Gasteiger partial charge in [0.25, 0.3) is 0 Å². The zero-order valence-corrected chi connectivity index (χ0v) is 20.0. The van der Waals surface area contributed by atoms with E-state index in [1.165, 1.54) is 0 Å². The maximum absolute atomic E-state index is 7.79. The number of anilines is 1. The highest BCUT2D eigenvalue weighted by atomic mass is 35.5. The van der Waals surface area contributed by atoms with Gasteiger partial charge in [0.1, 0.15) is 5.84 Å². The van der Waals surface area contributed by atoms with Gasteiger partial charge in [-0.2, -0.15) is 5.10 Å². The van der Waals surface area contributed by atoms with Crippen LogP contribution in [0.1, 0.15) is 23.1 Å². The minimum absolute atomic E-state index is 0. The van der Waals surface area contributed by atoms with Crippen molar-refractivity contribution >= 4 is 42.3 Å². The minimum atomic E-state index is 0. The van der Waals surface area contributed by atoms with E-state index in [9.17, 15) is 0 Å². The number of ether oxygens (including phenoxy) is 3. The number of imidazole rings is 1. The summed E-state index contributed by atoms with van der Waals surface area (Å²) >= 11 is 0. The molecule has 1 heterocycles. The smallest absolute Gasteiger partial charge is 0.221 e. The van der Waals surface area contributed by atoms with Crippen LogP contribution >= 0.6 is 24.8 Å². The van der Waals surface area contributed by atoms with Crippen molar-refractivity contribution in [1.29, 1.82) is 5.41 Å². The van der Waals surface area contributed by atoms with E-state index >= 15 is 0 Å². The van der Waals surface area contributed by atoms with Gasteiger partial charge >= 0.3 is 0 Å². The highest BCUT2D eigenvalue weighted by Crippen LogP contribution is 2.41. The van der Waals surface area contributed by atoms with Gasteiger partial charge in [0.05, 0.1) is 38.9 Å². The molecule has 1 aliphatic carbocycles. The SMILES string of the molecule is COc1cc(-c2cn(N=C3CCc4c(C(=N)N)cccc43)c(N)n2)cc(OC)c1OC.Cl.Cl. The molecule has 0 saturated heterocycles. The molecule has 5 N–H and O–H groups in total. The number of halogens is 2. The highest BCUT2D eigenvalue weighted by Gasteiger charge is 2.22. The first-order valence-corrected chi connectivity index (χ1v) is 9.66. The molecule has 0 aliphatic heterocycles. The molecule has 176 valence electrons. The monoisotopic (exact) mass is 492 g/mol. The van der Waals surface area contributed by atoms with Crippen LogP contribution in [0.2, 0.25) is 0 Å². The summed E-state index contributed by atoms with van der Waals surface area (Å²) in [6.45, 7) is 0. The number of hydrogen-bond donors (Lipinski definition) is 3. The summed E-state index contributed by atoms with van der Waals surface area (Å²) in [6.07, 6.45) is 3.27. The zero-order valence-electron chi connectivity index (χ0n) is 18.4. The second kappa shape index (κ2) is 10.5. The van der Waals surface area contributed by atoms with Gasteiger partial charge in [0.15, 0.2) is 11.5 Å². The number of nitrogens with one attached hydrogen (secondary N) is 1. The molecule has 1 aromatic heterocycles. The van der Waals surface area contributed by atoms with Crippen molar-refractivity contribution in [3.63, 3.8) is 0 Å². The number of nitrogens with two attached hydrogens (primary N) is 2. The van der Waals surface area contributed by atoms with E-state index in [-0.39, 0.29) is 36.6 Å². The Balaban J connectivity index is 0.00000193. The summed E-state index contributed by atoms with van der Waals surface area (Å²) in [7, 11) is 4.68. The average Bonchev–Trinajstić information content (AvgIpc) is 3.36. The summed E-state index contributed by atoms with van der Waals surface area (Å²) in [4.78, 5) is 4.46. The van der Waals surface area contributed by atoms with Crippen molar-refractivity contribution in [2.24, 2.45) is 10.8 Å². The molecular formula is C22H26Cl2N6O3. The van der Waals surface area contributed by atoms with Crippen LogP contribution < -0.4 is 25.7 Å². The molecule has 0 atom stereocenters. The van der Waals surface area contributed by atoms with Gasteiger partial charge in [-0.05, 0) is 30.5 Å². The first kappa shape index (κ1) is 25.8. The molecule has 9 nitrogen and oxygen atoms in total. The fraction of sp³-hybridized carbons (Fsp3) is 0.227. The molecule has 0 amide bonds. The first-order valence-electron chi connectivity index (χ1n) is 9.66. The number of nitrogens with zero attached hydrogens (tertiary/aromatic N) is 3. The lowest BCUT2D eigenvalue weighted by molar-refractivity contribution is 0.324. The van der Waals surface area contributed by atoms with E-state index in [0.717, 1.165) is 40.8 Å². The van der Waals surface area contributed by atoms with Crippen LogP contribution in [0.25, 0.3) is 11.3 Å². The molecule has 0 saturated carbocycles. The Morgan fingerprint density at radius 3 is 2.30 bits per heavy atom. The molecule has 4 rings (SSSR count). The number of fused-ring (bicyclic) bond motifs is 1. The molecule has 33 heavy (non-hydrogen) atoms. The second-order valence-corrected chi connectivity index (χ2v) is 7.03. The van der Waals surface area contributed by atoms with E-state index in [4.69, 9.17) is 36.2 Å². The van der Waals surface area contributed by atoms with Crippen molar-refractivity contribution in [2.45, 2.75) is 12.8 Å². The third-order valence-electron chi connectivity index (χ3n) is 5.29. The standard InChI is InChI=1S/C22H24N6O3.2ClH/c1-29-18-9-12(10-19(30-2)20(18)31-3)17-11-28(22(25)26-17)27-16-8-7-13-14(16)5-4-6-15(13)21(23)24;;/h4-6,9-11H,7-8H2,1-3H3,(H3,23,24)(H2,25,26);2*1H. The van der Waals surface area contributed by atoms with Crippen LogP contribution in [0.4, 0.5) is 5.95 Å². The van der Waals surface area contributed by atoms with Crippen LogP contribution in [0.5, 0.6) is 17.2 Å². The van der Waals surface area contributed by atoms with Crippen molar-refractivity contribution in [1.82, 2.24) is 9.66 Å². The molecule has 1 aliphatic rings. The molecule has 0 fully saturated rings. The second-order valence-electron chi connectivity index (χ2n) is 7.03. The van der Waals surface area contributed by atoms with Crippen LogP contribution in [0, 0.1) is 5.41 Å². The van der Waals surface area contributed by atoms with Crippen LogP contribution in [0.3, 0.4) is 0 Å². The summed E-state index contributed by atoms with van der Waals surface area (Å²) < 4.78 is 17.8. The molecule has 11 heteroatoms. The molecule has 0 spiro atoms. The average molecular weight is 493 g/mol. The minimum Gasteiger partial charge on any atom is -0.493 e. The predicted molar refractivity (Wildman–Crippen MR) is 134 cm³/mol. The molecule has 0 radical (unpaired) electrons. The van der Waals surface area contributed by atoms with Gasteiger partial charge < -0.3 is 25.7 Å². The van der Waals surface area contributed by atoms with Crippen molar-refractivity contribution in [3.8, 4) is 28.5 Å². The Hall–Kier alpha value is -3.43. The Morgan fingerprint density at radius 2 is 1.73 bits per heavy atom. The van der Waals surface area contributed by atoms with Crippen molar-refractivity contribution in [2.75, 3.05) is 27.1 Å². The number of rotatable bonds is 6. The van der Waals surface area contributed by atoms with Crippen LogP contribution in [0.15, 0.2) is 41.6 Å². The Kier molecular flexibility index (Phi) is 8.18. The first-order chi connectivity index (χ1) is 15.0. The number of benzene rings is 2. The number of aromatic nitrogens is 2. The van der Waals surface area contributed by atoms with Gasteiger partial charge in [-0.1, -0.05) is 18.2 Å². The van der Waals surface area contributed by atoms with Crippen LogP contribution in [-0.2, 0) is 6.42 Å². The summed E-state index contributed by atoms with van der Waals surface area (Å²) in [5.74, 6) is 1.87. The molecule has 3 aromatic rings. The van der Waals surface area contributed by atoms with Gasteiger partial charge in [-0.25, -0.2) is 9.66 Å². The quantitative estimate of drug-likeness (QED) is 0.356. The topological polar surface area (TPSA) is 134 Å². The van der Waals surface area contributed by atoms with E-state index < -0.39 is 0 Å². The largest absolute Gasteiger partial charge is 0.493 e. The Morgan fingerprint density at radius 1 is 1.06 bits per heavy atom. The number of amidine groups is 1. The lowest BCUT2D eigenvalue weighted by atomic mass is 10.0. The third kappa shape index (κ3) is 4.69. The van der Waals surface area contributed by atoms with Gasteiger partial charge in [0.2, 0.25) is 11.7 Å². The van der Waals surface area contributed by atoms with Crippen LogP contribution in [-0.4, -0.2) is 42.5 Å². The Bertz CT molecular complexity index is 1180. The number of hydrogen-bond acceptors (Lipinski definition) is 7. The number of nitrogen functional groups attached to an aromatic ring is 2. The van der Waals surface area contributed by atoms with Gasteiger partial charge in [-0.15, -0.1) is 24.8 Å². The van der Waals surface area contributed by atoms with E-state index in [2.05, 4.69) is 4.98 Å². The maximum Gasteiger partial charge on any atom is 0.221 e. The van der Waals surface area contributed by atoms with E-state index in [1.807, 2.05) is 30.3 Å². The van der Waals surface area contributed by atoms with Gasteiger partial charge in [0, 0.05) is 16.7 Å². The van der Waals surface area contributed by atoms with Crippen molar-refractivity contribution in [3.05, 3.63) is 53.2 Å². The number of methoxy groups -OCH3 is 3. The normalized spacial score (nSPS) is 13.0. The molecule has 0 bridgehead atoms. The van der Waals surface area contributed by atoms with E-state index in [1.54, 1.807) is 32.2 Å². The summed E-state index contributed by atoms with van der Waals surface area (Å²) in [5, 5.41) is 12.5. The lowest BCUT2D eigenvalue weighted by Gasteiger charge is -2.13. The molecule has 0 unspecified atom stereocenters. The summed E-state index contributed by atoms with van der Waals surface area (Å²) in [6, 6.07) is 9.35. The fourth-order valence-electron chi connectivity index (χ4n) is 3.82. The van der Waals surface area contributed by atoms with Gasteiger partial charge in [-0.3, -0.25) is 5.41 Å². The predicted octanol–water partition coefficient (Wildman–Crippen LogP) is 3.48. The van der Waals surface area contributed by atoms with E-state index in [0.29, 0.717) is 22.9 Å². The molecule has 2 aromatic carbocycles. The lowest BCUT2D eigenvalue weighted by Crippen LogP contribution is -2.13. The fourth-order valence-corrected chi connectivity index (χ4v) is 3.82. The third-order valence-corrected chi connectivity index (χ3v) is 5.29. The van der Waals surface area contributed by atoms with Crippen molar-refractivity contribution < 1.29 is 14.2 Å². The molecular weight excluding hydrogens is 467 g/mol. The summed E-state index contributed by atoms with van der Waals surface area (Å²) in [5.41, 5.74) is 16.9. The Labute approximate surface area is 204 Å².